The number of thioether (sulfide) groups is 1. The number of carbonyl (C=O) groups is 1. The first-order valence-corrected chi connectivity index (χ1v) is 9.16. The van der Waals surface area contributed by atoms with E-state index in [9.17, 15) is 4.79 Å². The molecule has 4 aromatic rings. The fourth-order valence-corrected chi connectivity index (χ4v) is 3.60. The molecule has 4 heterocycles. The van der Waals surface area contributed by atoms with E-state index in [1.807, 2.05) is 29.9 Å². The lowest BCUT2D eigenvalue weighted by atomic mass is 10.3. The zero-order valence-corrected chi connectivity index (χ0v) is 14.7. The number of aromatic nitrogens is 4. The number of carbonyl (C=O) groups excluding carboxylic acids is 1. The van der Waals surface area contributed by atoms with E-state index in [0.29, 0.717) is 28.1 Å². The molecular formula is C16H12N4O3S2. The Morgan fingerprint density at radius 3 is 3.08 bits per heavy atom. The SMILES string of the molecule is COC(=O)c1cccn2cc(CSc3nnc(-c4cccs4)o3)nc12. The summed E-state index contributed by atoms with van der Waals surface area (Å²) in [5, 5.41) is 10.5. The van der Waals surface area contributed by atoms with E-state index in [4.69, 9.17) is 9.15 Å². The molecule has 0 aliphatic heterocycles. The number of hydrogen-bond acceptors (Lipinski definition) is 8. The van der Waals surface area contributed by atoms with Crippen LogP contribution in [0.25, 0.3) is 16.4 Å². The van der Waals surface area contributed by atoms with Gasteiger partial charge in [0.25, 0.3) is 11.1 Å². The van der Waals surface area contributed by atoms with Crippen molar-refractivity contribution in [3.8, 4) is 10.8 Å². The van der Waals surface area contributed by atoms with E-state index >= 15 is 0 Å². The third-order valence-corrected chi connectivity index (χ3v) is 5.13. The maximum Gasteiger partial charge on any atom is 0.341 e. The van der Waals surface area contributed by atoms with Gasteiger partial charge in [0.15, 0.2) is 5.65 Å². The van der Waals surface area contributed by atoms with E-state index in [1.54, 1.807) is 27.9 Å². The molecule has 0 aliphatic carbocycles. The van der Waals surface area contributed by atoms with Crippen LogP contribution < -0.4 is 0 Å². The largest absolute Gasteiger partial charge is 0.465 e. The molecule has 0 fully saturated rings. The van der Waals surface area contributed by atoms with E-state index in [2.05, 4.69) is 15.2 Å². The molecule has 0 radical (unpaired) electrons. The lowest BCUT2D eigenvalue weighted by Crippen LogP contribution is -2.03. The average molecular weight is 372 g/mol. The minimum absolute atomic E-state index is 0.409. The van der Waals surface area contributed by atoms with Gasteiger partial charge in [-0.1, -0.05) is 17.8 Å². The van der Waals surface area contributed by atoms with Crippen LogP contribution in [0.4, 0.5) is 0 Å². The Morgan fingerprint density at radius 2 is 2.28 bits per heavy atom. The molecule has 0 amide bonds. The summed E-state index contributed by atoms with van der Waals surface area (Å²) >= 11 is 2.95. The van der Waals surface area contributed by atoms with Gasteiger partial charge in [0.05, 0.1) is 17.7 Å². The number of esters is 1. The van der Waals surface area contributed by atoms with Crippen LogP contribution in [0.15, 0.2) is 51.7 Å². The predicted molar refractivity (Wildman–Crippen MR) is 93.7 cm³/mol. The number of nitrogens with zero attached hydrogens (tertiary/aromatic N) is 4. The fourth-order valence-electron chi connectivity index (χ4n) is 2.31. The molecule has 9 heteroatoms. The Bertz CT molecular complexity index is 1020. The van der Waals surface area contributed by atoms with Crippen LogP contribution in [0.1, 0.15) is 16.1 Å². The maximum absolute atomic E-state index is 11.8. The second-order valence-electron chi connectivity index (χ2n) is 5.02. The number of rotatable bonds is 5. The van der Waals surface area contributed by atoms with Crippen molar-refractivity contribution in [2.75, 3.05) is 7.11 Å². The Balaban J connectivity index is 1.52. The number of methoxy groups -OCH3 is 1. The van der Waals surface area contributed by atoms with Gasteiger partial charge in [0.1, 0.15) is 5.56 Å². The van der Waals surface area contributed by atoms with E-state index in [-0.39, 0.29) is 0 Å². The Kier molecular flexibility index (Phi) is 4.24. The molecule has 4 aromatic heterocycles. The Morgan fingerprint density at radius 1 is 1.36 bits per heavy atom. The zero-order chi connectivity index (χ0) is 17.2. The second-order valence-corrected chi connectivity index (χ2v) is 6.89. The lowest BCUT2D eigenvalue weighted by molar-refractivity contribution is 0.0602. The predicted octanol–water partition coefficient (Wildman–Crippen LogP) is 3.52. The van der Waals surface area contributed by atoms with Gasteiger partial charge in [-0.2, -0.15) is 0 Å². The summed E-state index contributed by atoms with van der Waals surface area (Å²) < 4.78 is 12.2. The molecule has 0 aromatic carbocycles. The summed E-state index contributed by atoms with van der Waals surface area (Å²) in [6.45, 7) is 0. The topological polar surface area (TPSA) is 82.5 Å². The third-order valence-electron chi connectivity index (χ3n) is 3.42. The highest BCUT2D eigenvalue weighted by Crippen LogP contribution is 2.28. The van der Waals surface area contributed by atoms with Crippen LogP contribution in [-0.2, 0) is 10.5 Å². The summed E-state index contributed by atoms with van der Waals surface area (Å²) in [6, 6.07) is 7.34. The Labute approximate surface area is 150 Å². The zero-order valence-electron chi connectivity index (χ0n) is 13.1. The minimum Gasteiger partial charge on any atom is -0.465 e. The number of ether oxygens (including phenoxy) is 1. The molecule has 7 nitrogen and oxygen atoms in total. The van der Waals surface area contributed by atoms with Crippen LogP contribution >= 0.6 is 23.1 Å². The van der Waals surface area contributed by atoms with Crippen LogP contribution in [0, 0.1) is 0 Å². The van der Waals surface area contributed by atoms with Gasteiger partial charge in [0, 0.05) is 18.1 Å². The van der Waals surface area contributed by atoms with Crippen molar-refractivity contribution in [2.24, 2.45) is 0 Å². The van der Waals surface area contributed by atoms with Crippen LogP contribution in [-0.4, -0.2) is 32.7 Å². The van der Waals surface area contributed by atoms with E-state index < -0.39 is 5.97 Å². The summed E-state index contributed by atoms with van der Waals surface area (Å²) in [7, 11) is 1.35. The standard InChI is InChI=1S/C16H12N4O3S2/c1-22-15(21)11-4-2-6-20-8-10(17-13(11)20)9-25-16-19-18-14(23-16)12-5-3-7-24-12/h2-8H,9H2,1H3. The number of imidazole rings is 1. The molecule has 126 valence electrons. The summed E-state index contributed by atoms with van der Waals surface area (Å²) in [5.74, 6) is 0.655. The number of pyridine rings is 1. The normalized spacial score (nSPS) is 11.1. The number of hydrogen-bond donors (Lipinski definition) is 0. The van der Waals surface area contributed by atoms with Gasteiger partial charge in [0.2, 0.25) is 0 Å². The molecule has 0 saturated heterocycles. The summed E-state index contributed by atoms with van der Waals surface area (Å²) in [5.41, 5.74) is 1.80. The first kappa shape index (κ1) is 15.9. The molecule has 0 bridgehead atoms. The molecule has 25 heavy (non-hydrogen) atoms. The van der Waals surface area contributed by atoms with Gasteiger partial charge in [-0.3, -0.25) is 0 Å². The summed E-state index contributed by atoms with van der Waals surface area (Å²) in [4.78, 5) is 17.3. The molecule has 0 atom stereocenters. The smallest absolute Gasteiger partial charge is 0.341 e. The monoisotopic (exact) mass is 372 g/mol. The highest BCUT2D eigenvalue weighted by molar-refractivity contribution is 7.98. The second kappa shape index (κ2) is 6.69. The van der Waals surface area contributed by atoms with Crippen LogP contribution in [0.5, 0.6) is 0 Å². The maximum atomic E-state index is 11.8. The first-order chi connectivity index (χ1) is 12.2. The van der Waals surface area contributed by atoms with Gasteiger partial charge in [-0.25, -0.2) is 9.78 Å². The van der Waals surface area contributed by atoms with Crippen molar-refractivity contribution >= 4 is 34.7 Å². The van der Waals surface area contributed by atoms with Crippen molar-refractivity contribution in [3.63, 3.8) is 0 Å². The minimum atomic E-state index is -0.409. The van der Waals surface area contributed by atoms with Gasteiger partial charge < -0.3 is 13.6 Å². The fraction of sp³-hybridized carbons (Fsp3) is 0.125. The van der Waals surface area contributed by atoms with Crippen molar-refractivity contribution in [1.29, 1.82) is 0 Å². The average Bonchev–Trinajstić information content (AvgIpc) is 3.38. The molecular weight excluding hydrogens is 360 g/mol. The van der Waals surface area contributed by atoms with Crippen LogP contribution in [0.2, 0.25) is 0 Å². The van der Waals surface area contributed by atoms with Gasteiger partial charge in [-0.05, 0) is 23.6 Å². The van der Waals surface area contributed by atoms with E-state index in [0.717, 1.165) is 10.6 Å². The van der Waals surface area contributed by atoms with Crippen molar-refractivity contribution < 1.29 is 13.9 Å². The van der Waals surface area contributed by atoms with Crippen molar-refractivity contribution in [3.05, 3.63) is 53.3 Å². The van der Waals surface area contributed by atoms with Crippen molar-refractivity contribution in [1.82, 2.24) is 19.6 Å². The molecule has 4 rings (SSSR count). The molecule has 0 spiro atoms. The first-order valence-electron chi connectivity index (χ1n) is 7.29. The number of thiophene rings is 1. The van der Waals surface area contributed by atoms with Crippen molar-refractivity contribution in [2.45, 2.75) is 11.0 Å². The molecule has 0 unspecified atom stereocenters. The molecule has 0 aliphatic rings. The third kappa shape index (κ3) is 3.15. The summed E-state index contributed by atoms with van der Waals surface area (Å²) in [6.07, 6.45) is 3.70. The highest BCUT2D eigenvalue weighted by Gasteiger charge is 2.15. The van der Waals surface area contributed by atoms with E-state index in [1.165, 1.54) is 18.9 Å². The molecule has 0 saturated carbocycles. The van der Waals surface area contributed by atoms with Crippen LogP contribution in [0.3, 0.4) is 0 Å². The lowest BCUT2D eigenvalue weighted by Gasteiger charge is -2.00. The Hall–Kier alpha value is -2.65. The van der Waals surface area contributed by atoms with Gasteiger partial charge in [-0.15, -0.1) is 21.5 Å². The quantitative estimate of drug-likeness (QED) is 0.391. The highest BCUT2D eigenvalue weighted by atomic mass is 32.2. The van der Waals surface area contributed by atoms with Gasteiger partial charge >= 0.3 is 5.97 Å². The molecule has 0 N–H and O–H groups in total. The number of fused-ring (bicyclic) bond motifs is 1.